The van der Waals surface area contributed by atoms with Crippen molar-refractivity contribution in [3.05, 3.63) is 47.8 Å². The molecule has 0 aliphatic rings. The molecular weight excluding hydrogens is 298 g/mol. The highest BCUT2D eigenvalue weighted by atomic mass is 32.2. The average molecular weight is 315 g/mol. The van der Waals surface area contributed by atoms with Crippen LogP contribution in [-0.4, -0.2) is 37.3 Å². The Balaban J connectivity index is 1.81. The van der Waals surface area contributed by atoms with Gasteiger partial charge in [0.2, 0.25) is 0 Å². The normalized spacial score (nSPS) is 12.5. The molecule has 7 heteroatoms. The van der Waals surface area contributed by atoms with Crippen LogP contribution in [0, 0.1) is 6.92 Å². The van der Waals surface area contributed by atoms with Crippen molar-refractivity contribution in [2.75, 3.05) is 18.2 Å². The Morgan fingerprint density at radius 3 is 2.55 bits per heavy atom. The molecule has 0 fully saturated rings. The van der Waals surface area contributed by atoms with Crippen molar-refractivity contribution in [1.29, 1.82) is 0 Å². The van der Waals surface area contributed by atoms with Gasteiger partial charge < -0.3 is 4.90 Å². The zero-order valence-corrected chi connectivity index (χ0v) is 13.5. The molecule has 0 saturated heterocycles. The van der Waals surface area contributed by atoms with E-state index in [1.165, 1.54) is 0 Å². The molecule has 114 valence electrons. The molecule has 0 spiro atoms. The zero-order valence-electron chi connectivity index (χ0n) is 12.7. The van der Waals surface area contributed by atoms with Gasteiger partial charge in [-0.2, -0.15) is 4.52 Å². The van der Waals surface area contributed by atoms with E-state index in [0.29, 0.717) is 0 Å². The summed E-state index contributed by atoms with van der Waals surface area (Å²) in [6.07, 6.45) is 1.68. The lowest BCUT2D eigenvalue weighted by Gasteiger charge is -2.18. The smallest absolute Gasteiger partial charge is 0.178 e. The molecular formula is C15H17N5OS. The first-order valence-corrected chi connectivity index (χ1v) is 8.43. The number of aryl methyl sites for hydroxylation is 1. The highest BCUT2D eigenvalue weighted by Crippen LogP contribution is 2.15. The molecule has 3 aromatic rings. The maximum absolute atomic E-state index is 11.4. The van der Waals surface area contributed by atoms with Gasteiger partial charge in [-0.05, 0) is 36.8 Å². The average Bonchev–Trinajstić information content (AvgIpc) is 2.88. The fourth-order valence-electron chi connectivity index (χ4n) is 2.23. The van der Waals surface area contributed by atoms with E-state index < -0.39 is 10.8 Å². The van der Waals surface area contributed by atoms with Crippen LogP contribution in [0.15, 0.2) is 41.3 Å². The number of hydrogen-bond acceptors (Lipinski definition) is 5. The summed E-state index contributed by atoms with van der Waals surface area (Å²) in [7, 11) is 1.04. The van der Waals surface area contributed by atoms with E-state index in [-0.39, 0.29) is 0 Å². The number of anilines is 1. The first-order valence-electron chi connectivity index (χ1n) is 6.87. The Hall–Kier alpha value is -2.28. The lowest BCUT2D eigenvalue weighted by molar-refractivity contribution is 0.687. The number of rotatable bonds is 4. The fourth-order valence-corrected chi connectivity index (χ4v) is 2.75. The van der Waals surface area contributed by atoms with Gasteiger partial charge in [0.1, 0.15) is 5.82 Å². The van der Waals surface area contributed by atoms with Gasteiger partial charge in [0.25, 0.3) is 0 Å². The SMILES string of the molecule is Cc1nnc2ccc(N(C)Cc3ccc(S(C)=O)cc3)nn12. The van der Waals surface area contributed by atoms with Crippen molar-refractivity contribution in [3.63, 3.8) is 0 Å². The van der Waals surface area contributed by atoms with Crippen LogP contribution in [0.25, 0.3) is 5.65 Å². The Morgan fingerprint density at radius 2 is 1.86 bits per heavy atom. The van der Waals surface area contributed by atoms with E-state index in [0.717, 1.165) is 34.3 Å². The van der Waals surface area contributed by atoms with Gasteiger partial charge in [0.15, 0.2) is 11.5 Å². The molecule has 22 heavy (non-hydrogen) atoms. The largest absolute Gasteiger partial charge is 0.354 e. The minimum atomic E-state index is -0.943. The number of nitrogens with zero attached hydrogens (tertiary/aromatic N) is 5. The summed E-state index contributed by atoms with van der Waals surface area (Å²) in [4.78, 5) is 2.89. The molecule has 0 bridgehead atoms. The summed E-state index contributed by atoms with van der Waals surface area (Å²) in [5.41, 5.74) is 1.88. The Morgan fingerprint density at radius 1 is 1.14 bits per heavy atom. The Labute approximate surface area is 131 Å². The second kappa shape index (κ2) is 5.84. The van der Waals surface area contributed by atoms with Gasteiger partial charge in [0.05, 0.1) is 0 Å². The first kappa shape index (κ1) is 14.6. The van der Waals surface area contributed by atoms with E-state index in [2.05, 4.69) is 20.2 Å². The maximum Gasteiger partial charge on any atom is 0.178 e. The van der Waals surface area contributed by atoms with E-state index in [9.17, 15) is 4.21 Å². The topological polar surface area (TPSA) is 63.4 Å². The van der Waals surface area contributed by atoms with Crippen molar-refractivity contribution in [1.82, 2.24) is 19.8 Å². The third kappa shape index (κ3) is 2.85. The molecule has 0 aliphatic heterocycles. The predicted molar refractivity (Wildman–Crippen MR) is 86.4 cm³/mol. The van der Waals surface area contributed by atoms with Gasteiger partial charge in [-0.1, -0.05) is 12.1 Å². The second-order valence-corrected chi connectivity index (χ2v) is 6.54. The molecule has 1 aromatic carbocycles. The summed E-state index contributed by atoms with van der Waals surface area (Å²) in [6.45, 7) is 2.59. The van der Waals surface area contributed by atoms with Crippen LogP contribution < -0.4 is 4.90 Å². The third-order valence-corrected chi connectivity index (χ3v) is 4.41. The second-order valence-electron chi connectivity index (χ2n) is 5.16. The van der Waals surface area contributed by atoms with Gasteiger partial charge in [0, 0.05) is 35.5 Å². The Kier molecular flexibility index (Phi) is 3.89. The highest BCUT2D eigenvalue weighted by molar-refractivity contribution is 7.84. The number of hydrogen-bond donors (Lipinski definition) is 0. The molecule has 3 rings (SSSR count). The summed E-state index contributed by atoms with van der Waals surface area (Å²) >= 11 is 0. The van der Waals surface area contributed by atoms with Crippen molar-refractivity contribution in [3.8, 4) is 0 Å². The van der Waals surface area contributed by atoms with E-state index in [1.54, 1.807) is 10.8 Å². The molecule has 0 N–H and O–H groups in total. The van der Waals surface area contributed by atoms with Crippen LogP contribution >= 0.6 is 0 Å². The van der Waals surface area contributed by atoms with Crippen LogP contribution in [0.5, 0.6) is 0 Å². The van der Waals surface area contributed by atoms with Crippen LogP contribution in [-0.2, 0) is 17.3 Å². The molecule has 6 nitrogen and oxygen atoms in total. The molecule has 1 unspecified atom stereocenters. The van der Waals surface area contributed by atoms with Crippen LogP contribution in [0.4, 0.5) is 5.82 Å². The number of fused-ring (bicyclic) bond motifs is 1. The lowest BCUT2D eigenvalue weighted by Crippen LogP contribution is -2.18. The van der Waals surface area contributed by atoms with Crippen molar-refractivity contribution >= 4 is 22.3 Å². The quantitative estimate of drug-likeness (QED) is 0.735. The van der Waals surface area contributed by atoms with Gasteiger partial charge in [-0.15, -0.1) is 15.3 Å². The lowest BCUT2D eigenvalue weighted by atomic mass is 10.2. The molecule has 2 aromatic heterocycles. The first-order chi connectivity index (χ1) is 10.5. The third-order valence-electron chi connectivity index (χ3n) is 3.47. The van der Waals surface area contributed by atoms with Crippen molar-refractivity contribution in [2.45, 2.75) is 18.4 Å². The van der Waals surface area contributed by atoms with Crippen LogP contribution in [0.2, 0.25) is 0 Å². The summed E-state index contributed by atoms with van der Waals surface area (Å²) in [6, 6.07) is 11.6. The van der Waals surface area contributed by atoms with Crippen LogP contribution in [0.1, 0.15) is 11.4 Å². The zero-order chi connectivity index (χ0) is 15.7. The molecule has 0 radical (unpaired) electrons. The maximum atomic E-state index is 11.4. The van der Waals surface area contributed by atoms with Crippen molar-refractivity contribution < 1.29 is 4.21 Å². The number of benzene rings is 1. The fraction of sp³-hybridized carbons (Fsp3) is 0.267. The number of aromatic nitrogens is 4. The van der Waals surface area contributed by atoms with Gasteiger partial charge in [-0.25, -0.2) is 0 Å². The monoisotopic (exact) mass is 315 g/mol. The minimum absolute atomic E-state index is 0.719. The molecule has 1 atom stereocenters. The summed E-state index contributed by atoms with van der Waals surface area (Å²) in [5, 5.41) is 12.6. The van der Waals surface area contributed by atoms with E-state index >= 15 is 0 Å². The van der Waals surface area contributed by atoms with Gasteiger partial charge >= 0.3 is 0 Å². The molecule has 2 heterocycles. The predicted octanol–water partition coefficient (Wildman–Crippen LogP) is 1.81. The summed E-state index contributed by atoms with van der Waals surface area (Å²) in [5.74, 6) is 1.61. The van der Waals surface area contributed by atoms with Gasteiger partial charge in [-0.3, -0.25) is 4.21 Å². The van der Waals surface area contributed by atoms with Crippen LogP contribution in [0.3, 0.4) is 0 Å². The molecule has 0 aliphatic carbocycles. The summed E-state index contributed by atoms with van der Waals surface area (Å²) < 4.78 is 13.1. The minimum Gasteiger partial charge on any atom is -0.354 e. The van der Waals surface area contributed by atoms with Crippen molar-refractivity contribution in [2.24, 2.45) is 0 Å². The van der Waals surface area contributed by atoms with E-state index in [4.69, 9.17) is 0 Å². The molecule has 0 amide bonds. The Bertz CT molecular complexity index is 828. The highest BCUT2D eigenvalue weighted by Gasteiger charge is 2.08. The molecule has 0 saturated carbocycles. The standard InChI is InChI=1S/C15H17N5OS/c1-11-16-17-14-8-9-15(18-20(11)14)19(2)10-12-4-6-13(7-5-12)22(3)21/h4-9H,10H2,1-3H3. The van der Waals surface area contributed by atoms with E-state index in [1.807, 2.05) is 50.4 Å².